The molecule has 1 fully saturated rings. The maximum absolute atomic E-state index is 14.5. The fraction of sp³-hybridized carbons (Fsp3) is 0.120. The summed E-state index contributed by atoms with van der Waals surface area (Å²) in [6.45, 7) is 0.413. The van der Waals surface area contributed by atoms with E-state index >= 15 is 0 Å². The minimum Gasteiger partial charge on any atom is -0.489 e. The van der Waals surface area contributed by atoms with E-state index in [-0.39, 0.29) is 12.2 Å². The lowest BCUT2D eigenvalue weighted by Gasteiger charge is -2.18. The zero-order chi connectivity index (χ0) is 21.6. The average Bonchev–Trinajstić information content (AvgIpc) is 3.19. The van der Waals surface area contributed by atoms with Crippen LogP contribution < -0.4 is 4.74 Å². The van der Waals surface area contributed by atoms with E-state index in [0.717, 1.165) is 16.0 Å². The quantitative estimate of drug-likeness (QED) is 0.521. The van der Waals surface area contributed by atoms with Crippen LogP contribution in [0.2, 0.25) is 0 Å². The third-order valence-corrected chi connectivity index (χ3v) is 4.92. The smallest absolute Gasteiger partial charge is 0.417 e. The summed E-state index contributed by atoms with van der Waals surface area (Å²) < 4.78 is 25.1. The van der Waals surface area contributed by atoms with Crippen LogP contribution in [0.15, 0.2) is 84.9 Å². The molecule has 1 unspecified atom stereocenters. The first kappa shape index (κ1) is 20.3. The summed E-state index contributed by atoms with van der Waals surface area (Å²) in [5, 5.41) is 0. The Morgan fingerprint density at radius 1 is 1.06 bits per heavy atom. The van der Waals surface area contributed by atoms with Crippen molar-refractivity contribution in [3.05, 3.63) is 107 Å². The zero-order valence-electron chi connectivity index (χ0n) is 16.6. The van der Waals surface area contributed by atoms with E-state index in [1.54, 1.807) is 6.07 Å². The number of nitrogens with zero attached hydrogens (tertiary/aromatic N) is 1. The Morgan fingerprint density at radius 2 is 1.77 bits per heavy atom. The summed E-state index contributed by atoms with van der Waals surface area (Å²) in [6, 6.07) is 22.6. The van der Waals surface area contributed by atoms with E-state index in [4.69, 9.17) is 9.47 Å². The number of rotatable bonds is 6. The summed E-state index contributed by atoms with van der Waals surface area (Å²) in [4.78, 5) is 25.8. The first-order valence-corrected chi connectivity index (χ1v) is 9.81. The van der Waals surface area contributed by atoms with Crippen LogP contribution in [-0.4, -0.2) is 23.5 Å². The van der Waals surface area contributed by atoms with Gasteiger partial charge in [0.05, 0.1) is 0 Å². The summed E-state index contributed by atoms with van der Waals surface area (Å²) in [6.07, 6.45) is 1.80. The van der Waals surface area contributed by atoms with Crippen molar-refractivity contribution in [3.63, 3.8) is 0 Å². The van der Waals surface area contributed by atoms with Crippen molar-refractivity contribution in [1.82, 2.24) is 4.90 Å². The third-order valence-electron chi connectivity index (χ3n) is 4.92. The number of amides is 2. The molecular weight excluding hydrogens is 397 g/mol. The number of carbonyl (C=O) groups is 2. The van der Waals surface area contributed by atoms with Gasteiger partial charge in [-0.05, 0) is 29.3 Å². The summed E-state index contributed by atoms with van der Waals surface area (Å²) >= 11 is 0. The number of cyclic esters (lactones) is 1. The van der Waals surface area contributed by atoms with Crippen molar-refractivity contribution < 1.29 is 23.5 Å². The van der Waals surface area contributed by atoms with E-state index in [1.165, 1.54) is 24.3 Å². The van der Waals surface area contributed by atoms with Crippen molar-refractivity contribution in [2.24, 2.45) is 0 Å². The highest BCUT2D eigenvalue weighted by atomic mass is 19.1. The van der Waals surface area contributed by atoms with Crippen molar-refractivity contribution in [2.45, 2.75) is 12.6 Å². The molecule has 6 heteroatoms. The predicted octanol–water partition coefficient (Wildman–Crippen LogP) is 5.14. The molecule has 3 aromatic rings. The van der Waals surface area contributed by atoms with Crippen LogP contribution >= 0.6 is 0 Å². The number of benzene rings is 3. The molecule has 0 N–H and O–H groups in total. The summed E-state index contributed by atoms with van der Waals surface area (Å²) in [7, 11) is 0. The Morgan fingerprint density at radius 3 is 2.48 bits per heavy atom. The number of halogens is 1. The second-order valence-corrected chi connectivity index (χ2v) is 7.00. The molecule has 5 nitrogen and oxygen atoms in total. The Hall–Kier alpha value is -3.93. The van der Waals surface area contributed by atoms with Gasteiger partial charge in [0.1, 0.15) is 30.8 Å². The number of hydrogen-bond acceptors (Lipinski definition) is 4. The number of hydrogen-bond donors (Lipinski definition) is 0. The van der Waals surface area contributed by atoms with Crippen molar-refractivity contribution >= 4 is 18.1 Å². The second kappa shape index (κ2) is 9.26. The molecule has 3 aromatic carbocycles. The first-order chi connectivity index (χ1) is 15.1. The molecule has 1 heterocycles. The van der Waals surface area contributed by atoms with Gasteiger partial charge in [-0.15, -0.1) is 0 Å². The molecule has 0 bridgehead atoms. The van der Waals surface area contributed by atoms with Gasteiger partial charge in [0.15, 0.2) is 0 Å². The molecule has 1 saturated heterocycles. The van der Waals surface area contributed by atoms with Gasteiger partial charge < -0.3 is 9.47 Å². The second-order valence-electron chi connectivity index (χ2n) is 7.00. The Labute approximate surface area is 179 Å². The lowest BCUT2D eigenvalue weighted by Crippen LogP contribution is -2.32. The van der Waals surface area contributed by atoms with Crippen LogP contribution in [0, 0.1) is 5.82 Å². The number of imide groups is 1. The molecule has 0 spiro atoms. The monoisotopic (exact) mass is 417 g/mol. The van der Waals surface area contributed by atoms with Gasteiger partial charge >= 0.3 is 6.09 Å². The van der Waals surface area contributed by atoms with Crippen molar-refractivity contribution in [2.75, 3.05) is 6.61 Å². The van der Waals surface area contributed by atoms with E-state index < -0.39 is 23.9 Å². The van der Waals surface area contributed by atoms with Crippen LogP contribution in [0.4, 0.5) is 9.18 Å². The number of ether oxygens (including phenoxy) is 2. The van der Waals surface area contributed by atoms with Crippen LogP contribution in [-0.2, 0) is 16.1 Å². The highest BCUT2D eigenvalue weighted by Gasteiger charge is 2.37. The molecule has 31 heavy (non-hydrogen) atoms. The Kier molecular flexibility index (Phi) is 6.08. The molecule has 1 aliphatic heterocycles. The van der Waals surface area contributed by atoms with E-state index in [1.807, 2.05) is 60.7 Å². The molecule has 0 radical (unpaired) electrons. The van der Waals surface area contributed by atoms with Gasteiger partial charge in [0, 0.05) is 17.7 Å². The highest BCUT2D eigenvalue weighted by Crippen LogP contribution is 2.28. The van der Waals surface area contributed by atoms with Crippen LogP contribution in [0.25, 0.3) is 6.08 Å². The first-order valence-electron chi connectivity index (χ1n) is 9.81. The SMILES string of the molecule is O=C(/C=C\c1ccc(OCc2ccccc2)cc1F)N1C(=O)OCC1c1ccccc1. The van der Waals surface area contributed by atoms with E-state index in [2.05, 4.69) is 0 Å². The molecular formula is C25H20FNO4. The minimum absolute atomic E-state index is 0.0875. The zero-order valence-corrected chi connectivity index (χ0v) is 16.6. The average molecular weight is 417 g/mol. The van der Waals surface area contributed by atoms with E-state index in [9.17, 15) is 14.0 Å². The highest BCUT2D eigenvalue weighted by molar-refractivity contribution is 6.02. The minimum atomic E-state index is -0.714. The van der Waals surface area contributed by atoms with Gasteiger partial charge in [-0.2, -0.15) is 0 Å². The molecule has 1 aliphatic rings. The fourth-order valence-electron chi connectivity index (χ4n) is 3.30. The van der Waals surface area contributed by atoms with Gasteiger partial charge in [0.25, 0.3) is 5.91 Å². The Balaban J connectivity index is 1.43. The maximum atomic E-state index is 14.5. The Bertz CT molecular complexity index is 1100. The van der Waals surface area contributed by atoms with Gasteiger partial charge in [-0.1, -0.05) is 60.7 Å². The summed E-state index contributed by atoms with van der Waals surface area (Å²) in [5.74, 6) is -0.713. The standard InChI is InChI=1S/C25H20FNO4/c26-22-15-21(30-16-18-7-3-1-4-8-18)13-11-19(22)12-14-24(28)27-23(17-31-25(27)29)20-9-5-2-6-10-20/h1-15,23H,16-17H2/b14-12-. The van der Waals surface area contributed by atoms with Crippen LogP contribution in [0.5, 0.6) is 5.75 Å². The normalized spacial score (nSPS) is 15.8. The van der Waals surface area contributed by atoms with Crippen LogP contribution in [0.1, 0.15) is 22.7 Å². The molecule has 1 atom stereocenters. The molecule has 0 aromatic heterocycles. The molecule has 0 aliphatic carbocycles. The van der Waals surface area contributed by atoms with Crippen molar-refractivity contribution in [1.29, 1.82) is 0 Å². The predicted molar refractivity (Wildman–Crippen MR) is 114 cm³/mol. The van der Waals surface area contributed by atoms with Crippen LogP contribution in [0.3, 0.4) is 0 Å². The fourth-order valence-corrected chi connectivity index (χ4v) is 3.30. The lowest BCUT2D eigenvalue weighted by atomic mass is 10.1. The molecule has 0 saturated carbocycles. The maximum Gasteiger partial charge on any atom is 0.417 e. The van der Waals surface area contributed by atoms with Crippen molar-refractivity contribution in [3.8, 4) is 5.75 Å². The summed E-state index contributed by atoms with van der Waals surface area (Å²) in [5.41, 5.74) is 1.98. The molecule has 4 rings (SSSR count). The molecule has 156 valence electrons. The molecule has 2 amide bonds. The van der Waals surface area contributed by atoms with Gasteiger partial charge in [-0.3, -0.25) is 4.79 Å². The third kappa shape index (κ3) is 4.80. The topological polar surface area (TPSA) is 55.8 Å². The lowest BCUT2D eigenvalue weighted by molar-refractivity contribution is -0.124. The van der Waals surface area contributed by atoms with Gasteiger partial charge in [0.2, 0.25) is 0 Å². The largest absolute Gasteiger partial charge is 0.489 e. The number of carbonyl (C=O) groups excluding carboxylic acids is 2. The van der Waals surface area contributed by atoms with Gasteiger partial charge in [-0.25, -0.2) is 14.1 Å². The van der Waals surface area contributed by atoms with E-state index in [0.29, 0.717) is 12.4 Å².